The smallest absolute Gasteiger partial charge is 0.200 e. The van der Waals surface area contributed by atoms with Crippen LogP contribution in [0.1, 0.15) is 32.6 Å². The number of carbonyl (C=O) groups is 1. The number of carbonyl (C=O) groups excluding carboxylic acids is 1. The van der Waals surface area contributed by atoms with Crippen LogP contribution in [0.4, 0.5) is 22.0 Å². The molecule has 2 nitrogen and oxygen atoms in total. The zero-order chi connectivity index (χ0) is 28.2. The third-order valence-corrected chi connectivity index (χ3v) is 7.62. The average molecular weight is 607 g/mol. The highest BCUT2D eigenvalue weighted by Crippen LogP contribution is 2.58. The summed E-state index contributed by atoms with van der Waals surface area (Å²) in [5, 5.41) is 0. The molecule has 0 fully saturated rings. The van der Waals surface area contributed by atoms with E-state index in [2.05, 4.69) is 15.9 Å². The van der Waals surface area contributed by atoms with Gasteiger partial charge in [-0.25, -0.2) is 22.0 Å². The second-order valence-corrected chi connectivity index (χ2v) is 10.2. The summed E-state index contributed by atoms with van der Waals surface area (Å²) in [6.45, 7) is 0. The van der Waals surface area contributed by atoms with Gasteiger partial charge in [-0.2, -0.15) is 0 Å². The van der Waals surface area contributed by atoms with Crippen LogP contribution in [-0.4, -0.2) is 6.29 Å². The highest BCUT2D eigenvalue weighted by atomic mass is 79.9. The molecule has 1 aliphatic carbocycles. The fraction of sp³-hybridized carbons (Fsp3) is 0.0312. The first-order valence-corrected chi connectivity index (χ1v) is 12.8. The predicted octanol–water partition coefficient (Wildman–Crippen LogP) is 9.11. The SMILES string of the molecule is O=Cc1ccc(Oc2ccc(C3(c4c(F)c(F)c(F)c(F)c4F)c4ccccc4-c4ccc(Br)cc43)cc2)cc1. The summed E-state index contributed by atoms with van der Waals surface area (Å²) < 4.78 is 81.5. The van der Waals surface area contributed by atoms with Gasteiger partial charge in [0.1, 0.15) is 17.8 Å². The van der Waals surface area contributed by atoms with E-state index in [4.69, 9.17) is 4.74 Å². The highest BCUT2D eigenvalue weighted by molar-refractivity contribution is 9.10. The molecule has 198 valence electrons. The van der Waals surface area contributed by atoms with E-state index in [1.165, 1.54) is 0 Å². The van der Waals surface area contributed by atoms with Crippen LogP contribution in [0, 0.1) is 29.1 Å². The monoisotopic (exact) mass is 606 g/mol. The van der Waals surface area contributed by atoms with E-state index < -0.39 is 40.1 Å². The van der Waals surface area contributed by atoms with E-state index in [-0.39, 0.29) is 5.56 Å². The van der Waals surface area contributed by atoms with Crippen LogP contribution in [0.25, 0.3) is 11.1 Å². The standard InChI is InChI=1S/C32H16BrF5O2/c33-19-9-14-23-22-3-1-2-4-24(22)32(25(23)15-19,26-27(34)29(36)31(38)30(37)28(26)35)18-7-12-21(13-8-18)40-20-10-5-17(16-39)6-11-20/h1-16H. The van der Waals surface area contributed by atoms with Crippen molar-refractivity contribution in [3.05, 3.63) is 152 Å². The molecule has 6 rings (SSSR count). The van der Waals surface area contributed by atoms with Crippen LogP contribution >= 0.6 is 15.9 Å². The molecule has 0 radical (unpaired) electrons. The second-order valence-electron chi connectivity index (χ2n) is 9.24. The van der Waals surface area contributed by atoms with Crippen molar-refractivity contribution in [3.63, 3.8) is 0 Å². The molecule has 8 heteroatoms. The molecule has 40 heavy (non-hydrogen) atoms. The van der Waals surface area contributed by atoms with Crippen molar-refractivity contribution < 1.29 is 31.5 Å². The van der Waals surface area contributed by atoms with Crippen LogP contribution in [0.3, 0.4) is 0 Å². The quantitative estimate of drug-likeness (QED) is 0.0846. The summed E-state index contributed by atoms with van der Waals surface area (Å²) in [7, 11) is 0. The summed E-state index contributed by atoms with van der Waals surface area (Å²) in [6, 6.07) is 24.5. The van der Waals surface area contributed by atoms with E-state index in [1.54, 1.807) is 91.0 Å². The van der Waals surface area contributed by atoms with Gasteiger partial charge in [0.2, 0.25) is 5.82 Å². The van der Waals surface area contributed by atoms with Crippen molar-refractivity contribution in [2.75, 3.05) is 0 Å². The molecule has 0 heterocycles. The maximum absolute atomic E-state index is 15.7. The van der Waals surface area contributed by atoms with E-state index in [0.717, 1.165) is 0 Å². The maximum atomic E-state index is 15.7. The number of fused-ring (bicyclic) bond motifs is 3. The first-order chi connectivity index (χ1) is 19.3. The fourth-order valence-electron chi connectivity index (χ4n) is 5.43. The number of hydrogen-bond donors (Lipinski definition) is 0. The minimum absolute atomic E-state index is 0.267. The molecule has 1 aliphatic rings. The van der Waals surface area contributed by atoms with Gasteiger partial charge in [0.05, 0.1) is 5.41 Å². The lowest BCUT2D eigenvalue weighted by molar-refractivity contribution is 0.112. The summed E-state index contributed by atoms with van der Waals surface area (Å²) in [5.74, 6) is -9.28. The van der Waals surface area contributed by atoms with E-state index in [0.29, 0.717) is 50.1 Å². The third-order valence-electron chi connectivity index (χ3n) is 7.13. The Morgan fingerprint density at radius 1 is 0.625 bits per heavy atom. The first-order valence-electron chi connectivity index (χ1n) is 12.0. The molecule has 5 aromatic carbocycles. The summed E-state index contributed by atoms with van der Waals surface area (Å²) >= 11 is 3.41. The van der Waals surface area contributed by atoms with Gasteiger partial charge in [-0.05, 0) is 76.3 Å². The molecule has 0 aromatic heterocycles. The van der Waals surface area contributed by atoms with Crippen molar-refractivity contribution >= 4 is 22.2 Å². The molecule has 0 saturated carbocycles. The number of halogens is 6. The van der Waals surface area contributed by atoms with Crippen LogP contribution in [0.5, 0.6) is 11.5 Å². The van der Waals surface area contributed by atoms with Crippen LogP contribution in [-0.2, 0) is 5.41 Å². The van der Waals surface area contributed by atoms with Crippen molar-refractivity contribution in [1.82, 2.24) is 0 Å². The van der Waals surface area contributed by atoms with Crippen molar-refractivity contribution in [2.24, 2.45) is 0 Å². The Morgan fingerprint density at radius 3 is 1.80 bits per heavy atom. The number of benzene rings is 5. The molecule has 0 saturated heterocycles. The molecular formula is C32H16BrF5O2. The highest BCUT2D eigenvalue weighted by Gasteiger charge is 2.51. The Hall–Kier alpha value is -4.30. The first kappa shape index (κ1) is 26.0. The Balaban J connectivity index is 1.63. The summed E-state index contributed by atoms with van der Waals surface area (Å²) in [6.07, 6.45) is 0.701. The van der Waals surface area contributed by atoms with Gasteiger partial charge in [0, 0.05) is 15.6 Å². The van der Waals surface area contributed by atoms with Crippen molar-refractivity contribution in [3.8, 4) is 22.6 Å². The molecule has 0 N–H and O–H groups in total. The number of aldehydes is 1. The molecular weight excluding hydrogens is 591 g/mol. The maximum Gasteiger partial charge on any atom is 0.200 e. The topological polar surface area (TPSA) is 26.3 Å². The summed E-state index contributed by atoms with van der Waals surface area (Å²) in [5.41, 5.74) is -0.201. The van der Waals surface area contributed by atoms with Crippen molar-refractivity contribution in [1.29, 1.82) is 0 Å². The normalized spacial score (nSPS) is 15.4. The van der Waals surface area contributed by atoms with Gasteiger partial charge in [-0.15, -0.1) is 0 Å². The average Bonchev–Trinajstić information content (AvgIpc) is 3.26. The Labute approximate surface area is 233 Å². The number of hydrogen-bond acceptors (Lipinski definition) is 2. The largest absolute Gasteiger partial charge is 0.457 e. The van der Waals surface area contributed by atoms with Gasteiger partial charge >= 0.3 is 0 Å². The van der Waals surface area contributed by atoms with Crippen LogP contribution < -0.4 is 4.74 Å². The molecule has 0 amide bonds. The van der Waals surface area contributed by atoms with Gasteiger partial charge < -0.3 is 4.74 Å². The van der Waals surface area contributed by atoms with E-state index in [9.17, 15) is 18.0 Å². The number of ether oxygens (including phenoxy) is 1. The lowest BCUT2D eigenvalue weighted by atomic mass is 9.67. The van der Waals surface area contributed by atoms with Crippen LogP contribution in [0.15, 0.2) is 95.5 Å². The lowest BCUT2D eigenvalue weighted by Crippen LogP contribution is -2.32. The predicted molar refractivity (Wildman–Crippen MR) is 143 cm³/mol. The van der Waals surface area contributed by atoms with E-state index >= 15 is 8.78 Å². The second kappa shape index (κ2) is 9.71. The molecule has 0 spiro atoms. The number of rotatable bonds is 5. The Kier molecular flexibility index (Phi) is 6.30. The fourth-order valence-corrected chi connectivity index (χ4v) is 5.80. The Morgan fingerprint density at radius 2 is 1.18 bits per heavy atom. The third kappa shape index (κ3) is 3.78. The minimum Gasteiger partial charge on any atom is -0.457 e. The lowest BCUT2D eigenvalue weighted by Gasteiger charge is -2.34. The van der Waals surface area contributed by atoms with Gasteiger partial charge in [-0.3, -0.25) is 4.79 Å². The van der Waals surface area contributed by atoms with Crippen LogP contribution in [0.2, 0.25) is 0 Å². The van der Waals surface area contributed by atoms with Gasteiger partial charge in [0.15, 0.2) is 23.3 Å². The zero-order valence-corrected chi connectivity index (χ0v) is 21.9. The van der Waals surface area contributed by atoms with Gasteiger partial charge in [0.25, 0.3) is 0 Å². The molecule has 0 bridgehead atoms. The Bertz CT molecular complexity index is 1770. The zero-order valence-electron chi connectivity index (χ0n) is 20.3. The minimum atomic E-state index is -2.22. The molecule has 1 atom stereocenters. The molecule has 1 unspecified atom stereocenters. The van der Waals surface area contributed by atoms with Gasteiger partial charge in [-0.1, -0.05) is 58.4 Å². The van der Waals surface area contributed by atoms with E-state index in [1.807, 2.05) is 0 Å². The molecule has 5 aromatic rings. The van der Waals surface area contributed by atoms with Crippen molar-refractivity contribution in [2.45, 2.75) is 5.41 Å². The molecule has 0 aliphatic heterocycles. The summed E-state index contributed by atoms with van der Waals surface area (Å²) in [4.78, 5) is 10.9.